The highest BCUT2D eigenvalue weighted by molar-refractivity contribution is 6.03. The van der Waals surface area contributed by atoms with Crippen molar-refractivity contribution in [2.75, 3.05) is 0 Å². The van der Waals surface area contributed by atoms with E-state index in [1.807, 2.05) is 26.0 Å². The van der Waals surface area contributed by atoms with Gasteiger partial charge in [0.2, 0.25) is 0 Å². The van der Waals surface area contributed by atoms with Gasteiger partial charge in [-0.25, -0.2) is 0 Å². The molecule has 3 nitrogen and oxygen atoms in total. The summed E-state index contributed by atoms with van der Waals surface area (Å²) in [6, 6.07) is 0. The first-order valence-corrected chi connectivity index (χ1v) is 4.87. The average molecular weight is 194 g/mol. The van der Waals surface area contributed by atoms with E-state index in [2.05, 4.69) is 0 Å². The molecule has 0 amide bonds. The number of esters is 2. The van der Waals surface area contributed by atoms with Gasteiger partial charge < -0.3 is 4.74 Å². The van der Waals surface area contributed by atoms with Crippen molar-refractivity contribution < 1.29 is 14.3 Å². The van der Waals surface area contributed by atoms with E-state index in [9.17, 15) is 9.59 Å². The minimum absolute atomic E-state index is 0.149. The fourth-order valence-electron chi connectivity index (χ4n) is 2.42. The zero-order valence-electron chi connectivity index (χ0n) is 8.66. The first-order valence-electron chi connectivity index (χ1n) is 4.87. The number of carbonyl (C=O) groups is 2. The van der Waals surface area contributed by atoms with E-state index in [1.54, 1.807) is 6.92 Å². The maximum absolute atomic E-state index is 11.7. The summed E-state index contributed by atoms with van der Waals surface area (Å²) in [7, 11) is 0. The van der Waals surface area contributed by atoms with Crippen LogP contribution < -0.4 is 0 Å². The van der Waals surface area contributed by atoms with Crippen LogP contribution in [-0.2, 0) is 14.3 Å². The van der Waals surface area contributed by atoms with Crippen molar-refractivity contribution in [2.24, 2.45) is 16.7 Å². The van der Waals surface area contributed by atoms with E-state index in [0.717, 1.165) is 6.42 Å². The summed E-state index contributed by atoms with van der Waals surface area (Å²) in [5.74, 6) is -0.633. The molecule has 0 saturated carbocycles. The molecule has 0 aromatic rings. The van der Waals surface area contributed by atoms with E-state index < -0.39 is 16.8 Å². The summed E-state index contributed by atoms with van der Waals surface area (Å²) in [5.41, 5.74) is -1.44. The van der Waals surface area contributed by atoms with E-state index in [-0.39, 0.29) is 11.9 Å². The van der Waals surface area contributed by atoms with Crippen LogP contribution in [0, 0.1) is 16.7 Å². The molecule has 1 saturated heterocycles. The maximum atomic E-state index is 11.7. The molecule has 3 heteroatoms. The summed E-state index contributed by atoms with van der Waals surface area (Å²) in [5, 5.41) is 0. The quantitative estimate of drug-likeness (QED) is 0.335. The molecule has 3 atom stereocenters. The highest BCUT2D eigenvalue weighted by Crippen LogP contribution is 2.55. The molecule has 14 heavy (non-hydrogen) atoms. The van der Waals surface area contributed by atoms with Gasteiger partial charge >= 0.3 is 11.9 Å². The highest BCUT2D eigenvalue weighted by atomic mass is 16.6. The van der Waals surface area contributed by atoms with Crippen molar-refractivity contribution in [3.05, 3.63) is 12.2 Å². The predicted octanol–water partition coefficient (Wildman–Crippen LogP) is 1.68. The molecule has 2 rings (SSSR count). The molecule has 0 aromatic heterocycles. The third-order valence-corrected chi connectivity index (χ3v) is 4.04. The Bertz CT molecular complexity index is 344. The standard InChI is InChI=1S/C11H14O3/c1-7-5-4-6-10(2)8(12)14-9(13)11(7,10)3/h4,6-7H,5H2,1-3H3. The van der Waals surface area contributed by atoms with Crippen LogP contribution in [0.1, 0.15) is 27.2 Å². The first-order chi connectivity index (χ1) is 6.43. The molecule has 0 bridgehead atoms. The summed E-state index contributed by atoms with van der Waals surface area (Å²) >= 11 is 0. The SMILES string of the molecule is CC1CC=CC2(C)C(=O)OC(=O)C12C. The number of hydrogen-bond acceptors (Lipinski definition) is 3. The van der Waals surface area contributed by atoms with Gasteiger partial charge in [-0.15, -0.1) is 0 Å². The van der Waals surface area contributed by atoms with Crippen LogP contribution in [-0.4, -0.2) is 11.9 Å². The Kier molecular flexibility index (Phi) is 1.66. The van der Waals surface area contributed by atoms with Gasteiger partial charge in [0.1, 0.15) is 0 Å². The van der Waals surface area contributed by atoms with E-state index in [4.69, 9.17) is 4.74 Å². The van der Waals surface area contributed by atoms with Crippen LogP contribution in [0.3, 0.4) is 0 Å². The number of fused-ring (bicyclic) bond motifs is 1. The minimum atomic E-state index is -0.762. The molecule has 0 N–H and O–H groups in total. The van der Waals surface area contributed by atoms with E-state index in [1.165, 1.54) is 0 Å². The Labute approximate surface area is 83.1 Å². The minimum Gasteiger partial charge on any atom is -0.392 e. The summed E-state index contributed by atoms with van der Waals surface area (Å²) in [6.45, 7) is 5.60. The number of hydrogen-bond donors (Lipinski definition) is 0. The molecule has 1 fully saturated rings. The lowest BCUT2D eigenvalue weighted by Crippen LogP contribution is -2.45. The lowest BCUT2D eigenvalue weighted by atomic mass is 9.57. The van der Waals surface area contributed by atoms with Gasteiger partial charge in [-0.2, -0.15) is 0 Å². The number of rotatable bonds is 0. The van der Waals surface area contributed by atoms with Crippen molar-refractivity contribution in [3.63, 3.8) is 0 Å². The molecule has 3 unspecified atom stereocenters. The predicted molar refractivity (Wildman–Crippen MR) is 50.2 cm³/mol. The molecule has 76 valence electrons. The van der Waals surface area contributed by atoms with Gasteiger partial charge in [-0.3, -0.25) is 9.59 Å². The van der Waals surface area contributed by atoms with Crippen molar-refractivity contribution in [1.29, 1.82) is 0 Å². The third kappa shape index (κ3) is 0.781. The van der Waals surface area contributed by atoms with Crippen molar-refractivity contribution in [3.8, 4) is 0 Å². The van der Waals surface area contributed by atoms with Gasteiger partial charge in [-0.05, 0) is 26.2 Å². The lowest BCUT2D eigenvalue weighted by Gasteiger charge is -2.39. The van der Waals surface area contributed by atoms with Gasteiger partial charge in [0, 0.05) is 0 Å². The molecule has 0 aromatic carbocycles. The molecule has 2 aliphatic rings. The number of carbonyl (C=O) groups excluding carboxylic acids is 2. The molecular formula is C11H14O3. The van der Waals surface area contributed by atoms with Crippen LogP contribution >= 0.6 is 0 Å². The highest BCUT2D eigenvalue weighted by Gasteiger charge is 2.64. The molecule has 1 aliphatic carbocycles. The van der Waals surface area contributed by atoms with Gasteiger partial charge in [0.15, 0.2) is 0 Å². The monoisotopic (exact) mass is 194 g/mol. The summed E-state index contributed by atoms with van der Waals surface area (Å²) in [6.07, 6.45) is 4.61. The number of cyclic esters (lactones) is 2. The average Bonchev–Trinajstić information content (AvgIpc) is 2.29. The Morgan fingerprint density at radius 2 is 2.00 bits per heavy atom. The van der Waals surface area contributed by atoms with Crippen LogP contribution in [0.5, 0.6) is 0 Å². The smallest absolute Gasteiger partial charge is 0.324 e. The normalized spacial score (nSPS) is 46.4. The Morgan fingerprint density at radius 3 is 2.57 bits per heavy atom. The number of ether oxygens (including phenoxy) is 1. The fourth-order valence-corrected chi connectivity index (χ4v) is 2.42. The molecule has 1 heterocycles. The second kappa shape index (κ2) is 2.47. The summed E-state index contributed by atoms with van der Waals surface area (Å²) in [4.78, 5) is 23.3. The van der Waals surface area contributed by atoms with Crippen LogP contribution in [0.4, 0.5) is 0 Å². The summed E-state index contributed by atoms with van der Waals surface area (Å²) < 4.78 is 4.76. The molecule has 0 radical (unpaired) electrons. The molecule has 0 spiro atoms. The Balaban J connectivity index is 2.61. The van der Waals surface area contributed by atoms with Crippen molar-refractivity contribution in [2.45, 2.75) is 27.2 Å². The largest absolute Gasteiger partial charge is 0.392 e. The fraction of sp³-hybridized carbons (Fsp3) is 0.636. The second-order valence-electron chi connectivity index (χ2n) is 4.62. The van der Waals surface area contributed by atoms with Crippen molar-refractivity contribution >= 4 is 11.9 Å². The molecule has 1 aliphatic heterocycles. The Hall–Kier alpha value is -1.12. The zero-order chi connectivity index (χ0) is 10.6. The van der Waals surface area contributed by atoms with Gasteiger partial charge in [-0.1, -0.05) is 19.1 Å². The maximum Gasteiger partial charge on any atom is 0.324 e. The lowest BCUT2D eigenvalue weighted by molar-refractivity contribution is -0.156. The van der Waals surface area contributed by atoms with E-state index in [0.29, 0.717) is 0 Å². The van der Waals surface area contributed by atoms with Gasteiger partial charge in [0.05, 0.1) is 10.8 Å². The zero-order valence-corrected chi connectivity index (χ0v) is 8.66. The first kappa shape index (κ1) is 9.44. The molecular weight excluding hydrogens is 180 g/mol. The van der Waals surface area contributed by atoms with Gasteiger partial charge in [0.25, 0.3) is 0 Å². The number of allylic oxidation sites excluding steroid dienone is 1. The van der Waals surface area contributed by atoms with Crippen molar-refractivity contribution in [1.82, 2.24) is 0 Å². The van der Waals surface area contributed by atoms with Crippen LogP contribution in [0.15, 0.2) is 12.2 Å². The van der Waals surface area contributed by atoms with Crippen LogP contribution in [0.25, 0.3) is 0 Å². The van der Waals surface area contributed by atoms with Crippen LogP contribution in [0.2, 0.25) is 0 Å². The topological polar surface area (TPSA) is 43.4 Å². The third-order valence-electron chi connectivity index (χ3n) is 4.04. The van der Waals surface area contributed by atoms with E-state index >= 15 is 0 Å². The Morgan fingerprint density at radius 1 is 1.36 bits per heavy atom. The second-order valence-corrected chi connectivity index (χ2v) is 4.62.